The van der Waals surface area contributed by atoms with Gasteiger partial charge in [0.15, 0.2) is 0 Å². The molecule has 0 saturated carbocycles. The fourth-order valence-electron chi connectivity index (χ4n) is 4.16. The van der Waals surface area contributed by atoms with E-state index in [2.05, 4.69) is 65.8 Å². The molecule has 0 radical (unpaired) electrons. The molecule has 0 atom stereocenters. The molecule has 2 aromatic rings. The van der Waals surface area contributed by atoms with Crippen molar-refractivity contribution in [1.82, 2.24) is 0 Å². The molecule has 0 aliphatic carbocycles. The summed E-state index contributed by atoms with van der Waals surface area (Å²) >= 11 is 0. The predicted molar refractivity (Wildman–Crippen MR) is 130 cm³/mol. The van der Waals surface area contributed by atoms with Gasteiger partial charge in [0.25, 0.3) is 0 Å². The van der Waals surface area contributed by atoms with Gasteiger partial charge in [-0.05, 0) is 77.3 Å². The summed E-state index contributed by atoms with van der Waals surface area (Å²) in [6.07, 6.45) is 7.87. The van der Waals surface area contributed by atoms with E-state index in [1.54, 1.807) is 0 Å². The summed E-state index contributed by atoms with van der Waals surface area (Å²) in [7, 11) is 0. The Morgan fingerprint density at radius 2 is 1.07 bits per heavy atom. The van der Waals surface area contributed by atoms with Crippen LogP contribution in [0.1, 0.15) is 112 Å². The lowest BCUT2D eigenvalue weighted by molar-refractivity contribution is 0.781. The highest BCUT2D eigenvalue weighted by atomic mass is 14.6. The largest absolute Gasteiger partial charge is 0.398 e. The number of hydrogen-bond acceptors (Lipinski definition) is 2. The maximum Gasteiger partial charge on any atom is 0.0384 e. The van der Waals surface area contributed by atoms with E-state index < -0.39 is 0 Å². The SMILES string of the molecule is CCCCc1cc(Cc2cc(C(C)C)c(N)c(C(C)C)c2)cc(CCCC)c1N. The Morgan fingerprint density at radius 3 is 1.45 bits per heavy atom. The van der Waals surface area contributed by atoms with Crippen molar-refractivity contribution in [2.45, 2.75) is 98.3 Å². The highest BCUT2D eigenvalue weighted by Gasteiger charge is 2.15. The molecule has 0 spiro atoms. The molecule has 0 heterocycles. The zero-order valence-electron chi connectivity index (χ0n) is 19.6. The van der Waals surface area contributed by atoms with Crippen LogP contribution in [0.2, 0.25) is 0 Å². The number of unbranched alkanes of at least 4 members (excludes halogenated alkanes) is 2. The molecule has 0 aliphatic rings. The van der Waals surface area contributed by atoms with Crippen LogP contribution in [0.15, 0.2) is 24.3 Å². The number of nitrogen functional groups attached to an aromatic ring is 2. The minimum atomic E-state index is 0.430. The summed E-state index contributed by atoms with van der Waals surface area (Å²) in [5, 5.41) is 0. The Bertz CT molecular complexity index is 744. The van der Waals surface area contributed by atoms with Crippen LogP contribution in [0, 0.1) is 0 Å². The lowest BCUT2D eigenvalue weighted by Gasteiger charge is -2.20. The first-order valence-corrected chi connectivity index (χ1v) is 11.6. The van der Waals surface area contributed by atoms with E-state index in [0.29, 0.717) is 11.8 Å². The minimum absolute atomic E-state index is 0.430. The van der Waals surface area contributed by atoms with Crippen LogP contribution in [-0.4, -0.2) is 0 Å². The minimum Gasteiger partial charge on any atom is -0.398 e. The summed E-state index contributed by atoms with van der Waals surface area (Å²) in [6.45, 7) is 13.4. The van der Waals surface area contributed by atoms with Crippen LogP contribution in [0.3, 0.4) is 0 Å². The van der Waals surface area contributed by atoms with Crippen LogP contribution in [0.5, 0.6) is 0 Å². The van der Waals surface area contributed by atoms with Gasteiger partial charge in [0.2, 0.25) is 0 Å². The van der Waals surface area contributed by atoms with E-state index in [1.165, 1.54) is 59.1 Å². The van der Waals surface area contributed by atoms with E-state index in [4.69, 9.17) is 11.5 Å². The number of hydrogen-bond donors (Lipinski definition) is 2. The van der Waals surface area contributed by atoms with Crippen molar-refractivity contribution < 1.29 is 0 Å². The van der Waals surface area contributed by atoms with Crippen molar-refractivity contribution in [3.05, 3.63) is 57.6 Å². The summed E-state index contributed by atoms with van der Waals surface area (Å²) in [4.78, 5) is 0. The van der Waals surface area contributed by atoms with E-state index in [0.717, 1.165) is 30.6 Å². The van der Waals surface area contributed by atoms with E-state index >= 15 is 0 Å². The van der Waals surface area contributed by atoms with Gasteiger partial charge in [0.05, 0.1) is 0 Å². The number of rotatable bonds is 10. The Balaban J connectivity index is 2.46. The fourth-order valence-corrected chi connectivity index (χ4v) is 4.16. The molecule has 160 valence electrons. The normalized spacial score (nSPS) is 11.6. The molecule has 0 unspecified atom stereocenters. The Kier molecular flexibility index (Phi) is 8.61. The van der Waals surface area contributed by atoms with Gasteiger partial charge in [0.1, 0.15) is 0 Å². The van der Waals surface area contributed by atoms with Crippen molar-refractivity contribution in [3.63, 3.8) is 0 Å². The van der Waals surface area contributed by atoms with Gasteiger partial charge in [-0.15, -0.1) is 0 Å². The maximum absolute atomic E-state index is 6.56. The highest BCUT2D eigenvalue weighted by molar-refractivity contribution is 5.60. The van der Waals surface area contributed by atoms with Crippen LogP contribution in [0.25, 0.3) is 0 Å². The van der Waals surface area contributed by atoms with E-state index in [1.807, 2.05) is 0 Å². The third kappa shape index (κ3) is 6.01. The van der Waals surface area contributed by atoms with Crippen molar-refractivity contribution in [3.8, 4) is 0 Å². The lowest BCUT2D eigenvalue weighted by Crippen LogP contribution is -2.06. The monoisotopic (exact) mass is 394 g/mol. The first-order chi connectivity index (χ1) is 13.8. The molecule has 0 amide bonds. The number of anilines is 2. The maximum atomic E-state index is 6.56. The van der Waals surface area contributed by atoms with Gasteiger partial charge >= 0.3 is 0 Å². The standard InChI is InChI=1S/C27H42N2/c1-7-9-11-22-14-20(15-23(26(22)28)12-10-8-2)13-21-16-24(18(3)4)27(29)25(17-21)19(5)6/h14-19H,7-13,28-29H2,1-6H3. The summed E-state index contributed by atoms with van der Waals surface area (Å²) in [5.41, 5.74) is 23.0. The van der Waals surface area contributed by atoms with Crippen LogP contribution >= 0.6 is 0 Å². The van der Waals surface area contributed by atoms with Crippen molar-refractivity contribution in [1.29, 1.82) is 0 Å². The van der Waals surface area contributed by atoms with E-state index in [9.17, 15) is 0 Å². The highest BCUT2D eigenvalue weighted by Crippen LogP contribution is 2.33. The van der Waals surface area contributed by atoms with Crippen LogP contribution < -0.4 is 11.5 Å². The molecule has 0 bridgehead atoms. The van der Waals surface area contributed by atoms with Crippen molar-refractivity contribution >= 4 is 11.4 Å². The summed E-state index contributed by atoms with van der Waals surface area (Å²) < 4.78 is 0. The molecule has 2 rings (SSSR count). The van der Waals surface area contributed by atoms with Gasteiger partial charge in [-0.2, -0.15) is 0 Å². The van der Waals surface area contributed by atoms with Gasteiger partial charge in [-0.25, -0.2) is 0 Å². The molecule has 0 aromatic heterocycles. The van der Waals surface area contributed by atoms with Crippen LogP contribution in [0.4, 0.5) is 11.4 Å². The molecule has 29 heavy (non-hydrogen) atoms. The third-order valence-corrected chi connectivity index (χ3v) is 5.97. The Morgan fingerprint density at radius 1 is 0.655 bits per heavy atom. The second kappa shape index (κ2) is 10.7. The molecule has 0 aliphatic heterocycles. The zero-order valence-corrected chi connectivity index (χ0v) is 19.6. The van der Waals surface area contributed by atoms with Gasteiger partial charge < -0.3 is 11.5 Å². The molecule has 2 heteroatoms. The second-order valence-corrected chi connectivity index (χ2v) is 9.21. The first-order valence-electron chi connectivity index (χ1n) is 11.6. The molecule has 2 aromatic carbocycles. The Hall–Kier alpha value is -1.96. The third-order valence-electron chi connectivity index (χ3n) is 5.97. The predicted octanol–water partition coefficient (Wildman–Crippen LogP) is 7.37. The Labute approximate surface area is 179 Å². The first kappa shape index (κ1) is 23.3. The quantitative estimate of drug-likeness (QED) is 0.413. The van der Waals surface area contributed by atoms with Gasteiger partial charge in [-0.3, -0.25) is 0 Å². The molecular formula is C27H42N2. The molecular weight excluding hydrogens is 352 g/mol. The number of aryl methyl sites for hydroxylation is 2. The second-order valence-electron chi connectivity index (χ2n) is 9.21. The van der Waals surface area contributed by atoms with Crippen molar-refractivity contribution in [2.24, 2.45) is 0 Å². The zero-order chi connectivity index (χ0) is 21.6. The fraction of sp³-hybridized carbons (Fsp3) is 0.556. The summed E-state index contributed by atoms with van der Waals surface area (Å²) in [5.74, 6) is 0.859. The van der Waals surface area contributed by atoms with Gasteiger partial charge in [-0.1, -0.05) is 78.6 Å². The molecule has 4 N–H and O–H groups in total. The topological polar surface area (TPSA) is 52.0 Å². The number of benzene rings is 2. The molecule has 0 fully saturated rings. The lowest BCUT2D eigenvalue weighted by atomic mass is 9.88. The van der Waals surface area contributed by atoms with Gasteiger partial charge in [0, 0.05) is 11.4 Å². The molecule has 2 nitrogen and oxygen atoms in total. The average molecular weight is 395 g/mol. The summed E-state index contributed by atoms with van der Waals surface area (Å²) in [6, 6.07) is 9.33. The van der Waals surface area contributed by atoms with Crippen LogP contribution in [-0.2, 0) is 19.3 Å². The smallest absolute Gasteiger partial charge is 0.0384 e. The average Bonchev–Trinajstić information content (AvgIpc) is 2.67. The number of nitrogens with two attached hydrogens (primary N) is 2. The van der Waals surface area contributed by atoms with Crippen molar-refractivity contribution in [2.75, 3.05) is 11.5 Å². The molecule has 0 saturated heterocycles. The van der Waals surface area contributed by atoms with E-state index in [-0.39, 0.29) is 0 Å².